The number of aryl methyl sites for hydroxylation is 1. The molecule has 10 heteroatoms. The van der Waals surface area contributed by atoms with Crippen LogP contribution in [0.2, 0.25) is 0 Å². The molecule has 4 rings (SSSR count). The van der Waals surface area contributed by atoms with Crippen LogP contribution in [0.3, 0.4) is 0 Å². The molecule has 1 aromatic heterocycles. The summed E-state index contributed by atoms with van der Waals surface area (Å²) in [5, 5.41) is 3.05. The number of nitrogens with one attached hydrogen (secondary N) is 2. The maximum Gasteiger partial charge on any atom is 0.267 e. The molecule has 2 aromatic carbocycles. The first-order valence-electron chi connectivity index (χ1n) is 9.00. The number of hydrogen-bond donors (Lipinski definition) is 4. The van der Waals surface area contributed by atoms with Gasteiger partial charge in [0, 0.05) is 4.47 Å². The molecule has 1 unspecified atom stereocenters. The summed E-state index contributed by atoms with van der Waals surface area (Å²) in [6, 6.07) is 11.2. The topological polar surface area (TPSA) is 139 Å². The molecule has 0 fully saturated rings. The minimum absolute atomic E-state index is 0.0649. The van der Waals surface area contributed by atoms with Crippen LogP contribution in [0.1, 0.15) is 17.3 Å². The molecule has 6 N–H and O–H groups in total. The van der Waals surface area contributed by atoms with Crippen LogP contribution >= 0.6 is 15.9 Å². The Labute approximate surface area is 180 Å². The summed E-state index contributed by atoms with van der Waals surface area (Å²) in [6.45, 7) is 1.93. The van der Waals surface area contributed by atoms with Gasteiger partial charge in [-0.2, -0.15) is 0 Å². The fourth-order valence-corrected chi connectivity index (χ4v) is 3.95. The van der Waals surface area contributed by atoms with Crippen molar-refractivity contribution in [3.8, 4) is 5.75 Å². The molecule has 2 heterocycles. The smallest absolute Gasteiger partial charge is 0.267 e. The molecule has 1 aliphatic rings. The highest BCUT2D eigenvalue weighted by Crippen LogP contribution is 2.38. The predicted octanol–water partition coefficient (Wildman–Crippen LogP) is 1.93. The standard InChI is InChI=1S/C20H19BrN6O3/c1-9-6-7-10(21)8-11(9)19-25-15(17(22)28)16(18(23)29)27(19)20-24-12-4-3-5-13(30-2)14(12)26-20/h3-8,19,25H,1-2H3,(H2,22,28)(H2,23,29)(H,24,26). The predicted molar refractivity (Wildman–Crippen MR) is 115 cm³/mol. The number of aromatic nitrogens is 2. The highest BCUT2D eigenvalue weighted by atomic mass is 79.9. The second-order valence-electron chi connectivity index (χ2n) is 6.79. The second-order valence-corrected chi connectivity index (χ2v) is 7.70. The van der Waals surface area contributed by atoms with Gasteiger partial charge in [0.25, 0.3) is 11.8 Å². The van der Waals surface area contributed by atoms with Gasteiger partial charge in [-0.05, 0) is 42.3 Å². The third-order valence-corrected chi connectivity index (χ3v) is 5.44. The first kappa shape index (κ1) is 19.8. The Balaban J connectivity index is 1.96. The zero-order valence-corrected chi connectivity index (χ0v) is 17.8. The minimum Gasteiger partial charge on any atom is -0.494 e. The molecule has 2 amide bonds. The third kappa shape index (κ3) is 3.14. The Hall–Kier alpha value is -3.53. The third-order valence-electron chi connectivity index (χ3n) is 4.94. The van der Waals surface area contributed by atoms with E-state index in [4.69, 9.17) is 16.2 Å². The molecule has 3 aromatic rings. The number of halogens is 1. The van der Waals surface area contributed by atoms with E-state index in [1.807, 2.05) is 37.3 Å². The Bertz CT molecular complexity index is 1220. The summed E-state index contributed by atoms with van der Waals surface area (Å²) in [5.41, 5.74) is 14.1. The van der Waals surface area contributed by atoms with Gasteiger partial charge >= 0.3 is 0 Å². The van der Waals surface area contributed by atoms with Crippen molar-refractivity contribution in [3.63, 3.8) is 0 Å². The van der Waals surface area contributed by atoms with Gasteiger partial charge in [-0.1, -0.05) is 28.1 Å². The number of H-pyrrole nitrogens is 1. The molecule has 0 aliphatic carbocycles. The maximum absolute atomic E-state index is 12.4. The number of carbonyl (C=O) groups excluding carboxylic acids is 2. The van der Waals surface area contributed by atoms with Gasteiger partial charge in [0.05, 0.1) is 12.6 Å². The summed E-state index contributed by atoms with van der Waals surface area (Å²) in [4.78, 5) is 33.8. The number of rotatable bonds is 5. The number of imidazole rings is 1. The molecule has 30 heavy (non-hydrogen) atoms. The van der Waals surface area contributed by atoms with Gasteiger partial charge in [0.2, 0.25) is 5.95 Å². The van der Waals surface area contributed by atoms with Crippen LogP contribution in [-0.4, -0.2) is 28.9 Å². The lowest BCUT2D eigenvalue weighted by Crippen LogP contribution is -2.34. The Kier molecular flexibility index (Phi) is 4.86. The molecule has 0 bridgehead atoms. The number of nitrogens with two attached hydrogens (primary N) is 2. The zero-order chi connectivity index (χ0) is 21.6. The van der Waals surface area contributed by atoms with E-state index >= 15 is 0 Å². The van der Waals surface area contributed by atoms with Gasteiger partial charge in [0.15, 0.2) is 0 Å². The van der Waals surface area contributed by atoms with Crippen molar-refractivity contribution in [1.29, 1.82) is 0 Å². The molecule has 154 valence electrons. The van der Waals surface area contributed by atoms with Crippen molar-refractivity contribution in [1.82, 2.24) is 15.3 Å². The molecule has 0 saturated carbocycles. The summed E-state index contributed by atoms with van der Waals surface area (Å²) < 4.78 is 6.22. The van der Waals surface area contributed by atoms with Crippen molar-refractivity contribution in [2.24, 2.45) is 11.5 Å². The van der Waals surface area contributed by atoms with Crippen molar-refractivity contribution < 1.29 is 14.3 Å². The van der Waals surface area contributed by atoms with Gasteiger partial charge < -0.3 is 26.5 Å². The van der Waals surface area contributed by atoms with Crippen molar-refractivity contribution in [3.05, 3.63) is 63.4 Å². The van der Waals surface area contributed by atoms with E-state index in [1.165, 1.54) is 0 Å². The number of amides is 2. The van der Waals surface area contributed by atoms with E-state index in [0.717, 1.165) is 15.6 Å². The van der Waals surface area contributed by atoms with Gasteiger partial charge in [0.1, 0.15) is 28.8 Å². The highest BCUT2D eigenvalue weighted by molar-refractivity contribution is 9.10. The Morgan fingerprint density at radius 3 is 2.63 bits per heavy atom. The first-order valence-corrected chi connectivity index (χ1v) is 9.79. The molecule has 9 nitrogen and oxygen atoms in total. The van der Waals surface area contributed by atoms with Crippen LogP contribution in [0.5, 0.6) is 5.75 Å². The average molecular weight is 471 g/mol. The van der Waals surface area contributed by atoms with Crippen LogP contribution in [-0.2, 0) is 9.59 Å². The molecule has 1 atom stereocenters. The average Bonchev–Trinajstić information content (AvgIpc) is 3.31. The summed E-state index contributed by atoms with van der Waals surface area (Å²) >= 11 is 3.47. The number of nitrogens with zero attached hydrogens (tertiary/aromatic N) is 2. The van der Waals surface area contributed by atoms with E-state index < -0.39 is 18.0 Å². The molecule has 1 aliphatic heterocycles. The van der Waals surface area contributed by atoms with E-state index in [9.17, 15) is 9.59 Å². The Morgan fingerprint density at radius 2 is 1.97 bits per heavy atom. The van der Waals surface area contributed by atoms with Crippen molar-refractivity contribution >= 4 is 44.7 Å². The fraction of sp³-hybridized carbons (Fsp3) is 0.150. The quantitative estimate of drug-likeness (QED) is 0.449. The summed E-state index contributed by atoms with van der Waals surface area (Å²) in [7, 11) is 1.55. The van der Waals surface area contributed by atoms with Gasteiger partial charge in [-0.3, -0.25) is 14.5 Å². The zero-order valence-electron chi connectivity index (χ0n) is 16.2. The van der Waals surface area contributed by atoms with Crippen LogP contribution in [0, 0.1) is 6.92 Å². The van der Waals surface area contributed by atoms with E-state index in [2.05, 4.69) is 31.2 Å². The van der Waals surface area contributed by atoms with E-state index in [1.54, 1.807) is 18.1 Å². The molecule has 0 spiro atoms. The normalized spacial score (nSPS) is 16.1. The number of ether oxygens (including phenoxy) is 1. The number of aromatic amines is 1. The Morgan fingerprint density at radius 1 is 1.20 bits per heavy atom. The van der Waals surface area contributed by atoms with Gasteiger partial charge in [-0.15, -0.1) is 0 Å². The molecular formula is C20H19BrN6O3. The lowest BCUT2D eigenvalue weighted by Gasteiger charge is -2.27. The lowest BCUT2D eigenvalue weighted by molar-refractivity contribution is -0.117. The van der Waals surface area contributed by atoms with E-state index in [-0.39, 0.29) is 11.4 Å². The number of benzene rings is 2. The minimum atomic E-state index is -0.807. The molecule has 0 saturated heterocycles. The van der Waals surface area contributed by atoms with E-state index in [0.29, 0.717) is 22.7 Å². The number of methoxy groups -OCH3 is 1. The van der Waals surface area contributed by atoms with Crippen LogP contribution < -0.4 is 26.4 Å². The number of fused-ring (bicyclic) bond motifs is 1. The van der Waals surface area contributed by atoms with Crippen molar-refractivity contribution in [2.75, 3.05) is 12.0 Å². The van der Waals surface area contributed by atoms with Gasteiger partial charge in [-0.25, -0.2) is 4.98 Å². The lowest BCUT2D eigenvalue weighted by atomic mass is 10.1. The van der Waals surface area contributed by atoms with Crippen molar-refractivity contribution in [2.45, 2.75) is 13.1 Å². The SMILES string of the molecule is COc1cccc2[nH]c(N3C(C(N)=O)=C(C(N)=O)NC3c3cc(Br)ccc3C)nc12. The van der Waals surface area contributed by atoms with Crippen LogP contribution in [0.25, 0.3) is 11.0 Å². The monoisotopic (exact) mass is 470 g/mol. The fourth-order valence-electron chi connectivity index (χ4n) is 3.57. The highest BCUT2D eigenvalue weighted by Gasteiger charge is 2.40. The number of para-hydroxylation sites is 1. The first-order chi connectivity index (χ1) is 14.3. The summed E-state index contributed by atoms with van der Waals surface area (Å²) in [6.07, 6.45) is -0.640. The molecular weight excluding hydrogens is 452 g/mol. The van der Waals surface area contributed by atoms with Crippen LogP contribution in [0.15, 0.2) is 52.3 Å². The summed E-state index contributed by atoms with van der Waals surface area (Å²) in [5.74, 6) is -0.718. The largest absolute Gasteiger partial charge is 0.494 e. The maximum atomic E-state index is 12.4. The second kappa shape index (κ2) is 7.38. The van der Waals surface area contributed by atoms with Crippen LogP contribution in [0.4, 0.5) is 5.95 Å². The number of hydrogen-bond acceptors (Lipinski definition) is 6. The number of primary amides is 2. The number of anilines is 1. The number of carbonyl (C=O) groups is 2. The molecule has 0 radical (unpaired) electrons.